The van der Waals surface area contributed by atoms with Gasteiger partial charge in [-0.25, -0.2) is 9.97 Å². The zero-order valence-electron chi connectivity index (χ0n) is 21.6. The van der Waals surface area contributed by atoms with E-state index in [2.05, 4.69) is 4.98 Å². The third-order valence-electron chi connectivity index (χ3n) is 8.23. The molecular formula is C29H27ClF3N5O2. The van der Waals surface area contributed by atoms with Gasteiger partial charge in [-0.15, -0.1) is 0 Å². The van der Waals surface area contributed by atoms with E-state index in [-0.39, 0.29) is 29.2 Å². The van der Waals surface area contributed by atoms with Crippen molar-refractivity contribution >= 4 is 28.8 Å². The Labute approximate surface area is 233 Å². The zero-order valence-corrected chi connectivity index (χ0v) is 22.4. The SMILES string of the molecule is CC(O)(c1ccc(-c2nc([C@@H]3CC[C@H]4CCC(=O)N4C3)n3c(Cl)cnc(N)c23)cc1)c1cccc(C(F)(F)F)c1. The molecule has 1 unspecified atom stereocenters. The number of imidazole rings is 1. The summed E-state index contributed by atoms with van der Waals surface area (Å²) in [6.07, 6.45) is 0.141. The number of hydrogen-bond donors (Lipinski definition) is 2. The summed E-state index contributed by atoms with van der Waals surface area (Å²) in [5.74, 6) is 1.05. The Kier molecular flexibility index (Phi) is 6.30. The van der Waals surface area contributed by atoms with Crippen LogP contribution in [0.25, 0.3) is 16.8 Å². The molecule has 2 aromatic heterocycles. The van der Waals surface area contributed by atoms with Crippen molar-refractivity contribution in [2.75, 3.05) is 12.3 Å². The van der Waals surface area contributed by atoms with Crippen LogP contribution in [0.15, 0.2) is 54.7 Å². The van der Waals surface area contributed by atoms with Crippen LogP contribution in [0.1, 0.15) is 61.0 Å². The average Bonchev–Trinajstić information content (AvgIpc) is 3.52. The number of benzene rings is 2. The summed E-state index contributed by atoms with van der Waals surface area (Å²) >= 11 is 6.60. The van der Waals surface area contributed by atoms with Crippen LogP contribution in [0.4, 0.5) is 19.0 Å². The highest BCUT2D eigenvalue weighted by atomic mass is 35.5. The molecule has 3 N–H and O–H groups in total. The first-order valence-corrected chi connectivity index (χ1v) is 13.5. The number of anilines is 1. The molecule has 2 aromatic carbocycles. The van der Waals surface area contributed by atoms with Crippen LogP contribution in [-0.4, -0.2) is 42.9 Å². The molecule has 208 valence electrons. The number of aromatic nitrogens is 3. The summed E-state index contributed by atoms with van der Waals surface area (Å²) in [6, 6.07) is 11.7. The number of nitrogens with two attached hydrogens (primary N) is 1. The van der Waals surface area contributed by atoms with Crippen molar-refractivity contribution in [1.29, 1.82) is 0 Å². The number of alkyl halides is 3. The molecule has 4 heterocycles. The molecule has 0 bridgehead atoms. The van der Waals surface area contributed by atoms with E-state index in [0.717, 1.165) is 31.4 Å². The number of carbonyl (C=O) groups is 1. The van der Waals surface area contributed by atoms with Crippen molar-refractivity contribution < 1.29 is 23.1 Å². The van der Waals surface area contributed by atoms with Gasteiger partial charge >= 0.3 is 6.18 Å². The average molecular weight is 570 g/mol. The number of nitrogens with zero attached hydrogens (tertiary/aromatic N) is 4. The number of piperidine rings is 1. The topological polar surface area (TPSA) is 96.8 Å². The number of hydrogen-bond acceptors (Lipinski definition) is 5. The van der Waals surface area contributed by atoms with E-state index in [1.165, 1.54) is 25.3 Å². The van der Waals surface area contributed by atoms with Crippen molar-refractivity contribution in [3.63, 3.8) is 0 Å². The summed E-state index contributed by atoms with van der Waals surface area (Å²) in [6.45, 7) is 2.01. The van der Waals surface area contributed by atoms with E-state index in [1.54, 1.807) is 28.7 Å². The van der Waals surface area contributed by atoms with Gasteiger partial charge < -0.3 is 15.7 Å². The second-order valence-electron chi connectivity index (χ2n) is 10.7. The van der Waals surface area contributed by atoms with Gasteiger partial charge in [0.1, 0.15) is 33.6 Å². The lowest BCUT2D eigenvalue weighted by molar-refractivity contribution is -0.137. The van der Waals surface area contributed by atoms with Crippen LogP contribution in [0.5, 0.6) is 0 Å². The number of fused-ring (bicyclic) bond motifs is 2. The van der Waals surface area contributed by atoms with Gasteiger partial charge in [0, 0.05) is 30.5 Å². The molecule has 0 spiro atoms. The van der Waals surface area contributed by atoms with E-state index in [9.17, 15) is 23.1 Å². The summed E-state index contributed by atoms with van der Waals surface area (Å²) in [5, 5.41) is 11.6. The maximum absolute atomic E-state index is 13.3. The van der Waals surface area contributed by atoms with E-state index in [4.69, 9.17) is 22.3 Å². The number of halogens is 4. The van der Waals surface area contributed by atoms with Crippen LogP contribution in [0.3, 0.4) is 0 Å². The Hall–Kier alpha value is -3.63. The van der Waals surface area contributed by atoms with Crippen LogP contribution in [-0.2, 0) is 16.6 Å². The molecule has 3 atom stereocenters. The molecular weight excluding hydrogens is 543 g/mol. The lowest BCUT2D eigenvalue weighted by Gasteiger charge is -2.34. The molecule has 2 aliphatic heterocycles. The Bertz CT molecular complexity index is 1620. The maximum atomic E-state index is 13.3. The maximum Gasteiger partial charge on any atom is 0.416 e. The number of aliphatic hydroxyl groups is 1. The number of carbonyl (C=O) groups excluding carboxylic acids is 1. The normalized spacial score (nSPS) is 21.1. The van der Waals surface area contributed by atoms with Gasteiger partial charge in [0.15, 0.2) is 0 Å². The van der Waals surface area contributed by atoms with Gasteiger partial charge in [-0.2, -0.15) is 13.2 Å². The predicted octanol–water partition coefficient (Wildman–Crippen LogP) is 5.77. The van der Waals surface area contributed by atoms with Crippen LogP contribution in [0, 0.1) is 0 Å². The first-order valence-electron chi connectivity index (χ1n) is 13.1. The third kappa shape index (κ3) is 4.39. The molecule has 2 aliphatic rings. The Morgan fingerprint density at radius 1 is 1.05 bits per heavy atom. The fraction of sp³-hybridized carbons (Fsp3) is 0.345. The molecule has 2 saturated heterocycles. The molecule has 40 heavy (non-hydrogen) atoms. The minimum atomic E-state index is -4.52. The molecule has 1 amide bonds. The quantitative estimate of drug-likeness (QED) is 0.325. The standard InChI is InChI=1S/C29H27ClF3N5O2/c1-28(40,19-3-2-4-20(13-19)29(31,32)33)18-8-5-16(6-9-18)24-25-26(34)35-14-22(30)38(25)27(36-24)17-7-10-21-11-12-23(39)37(21)15-17/h2-6,8-9,13-14,17,21,40H,7,10-12,15H2,1H3,(H2,34,35)/t17-,21+,28?/m1/s1. The fourth-order valence-corrected chi connectivity index (χ4v) is 6.22. The number of nitrogen functional groups attached to an aromatic ring is 1. The highest BCUT2D eigenvalue weighted by Crippen LogP contribution is 2.40. The first-order chi connectivity index (χ1) is 18.9. The second-order valence-corrected chi connectivity index (χ2v) is 11.1. The highest BCUT2D eigenvalue weighted by Gasteiger charge is 2.39. The molecule has 7 nitrogen and oxygen atoms in total. The molecule has 0 radical (unpaired) electrons. The minimum Gasteiger partial charge on any atom is -0.382 e. The largest absolute Gasteiger partial charge is 0.416 e. The summed E-state index contributed by atoms with van der Waals surface area (Å²) in [5.41, 5.74) is 6.10. The molecule has 6 rings (SSSR count). The van der Waals surface area contributed by atoms with Crippen LogP contribution >= 0.6 is 11.6 Å². The van der Waals surface area contributed by atoms with E-state index in [1.807, 2.05) is 4.90 Å². The van der Waals surface area contributed by atoms with Crippen molar-refractivity contribution in [2.24, 2.45) is 0 Å². The Balaban J connectivity index is 1.39. The lowest BCUT2D eigenvalue weighted by Crippen LogP contribution is -2.41. The Morgan fingerprint density at radius 2 is 1.77 bits per heavy atom. The predicted molar refractivity (Wildman–Crippen MR) is 145 cm³/mol. The van der Waals surface area contributed by atoms with Gasteiger partial charge in [0.05, 0.1) is 11.8 Å². The molecule has 4 aromatic rings. The van der Waals surface area contributed by atoms with E-state index in [0.29, 0.717) is 46.3 Å². The van der Waals surface area contributed by atoms with Crippen LogP contribution in [0.2, 0.25) is 5.15 Å². The fourth-order valence-electron chi connectivity index (χ4n) is 6.00. The summed E-state index contributed by atoms with van der Waals surface area (Å²) in [7, 11) is 0. The third-order valence-corrected chi connectivity index (χ3v) is 8.49. The number of rotatable bonds is 4. The smallest absolute Gasteiger partial charge is 0.382 e. The first kappa shape index (κ1) is 26.6. The minimum absolute atomic E-state index is 0.0419. The molecule has 2 fully saturated rings. The van der Waals surface area contributed by atoms with Gasteiger partial charge in [-0.05, 0) is 49.4 Å². The second kappa shape index (κ2) is 9.49. The summed E-state index contributed by atoms with van der Waals surface area (Å²) < 4.78 is 41.6. The van der Waals surface area contributed by atoms with Gasteiger partial charge in [-0.1, -0.05) is 48.0 Å². The van der Waals surface area contributed by atoms with Gasteiger partial charge in [0.25, 0.3) is 0 Å². The zero-order chi connectivity index (χ0) is 28.4. The van der Waals surface area contributed by atoms with Crippen molar-refractivity contribution in [3.05, 3.63) is 82.4 Å². The number of amides is 1. The Morgan fingerprint density at radius 3 is 2.50 bits per heavy atom. The molecule has 0 saturated carbocycles. The van der Waals surface area contributed by atoms with Crippen LogP contribution < -0.4 is 5.73 Å². The molecule has 0 aliphatic carbocycles. The van der Waals surface area contributed by atoms with Gasteiger partial charge in [0.2, 0.25) is 5.91 Å². The monoisotopic (exact) mass is 569 g/mol. The summed E-state index contributed by atoms with van der Waals surface area (Å²) in [4.78, 5) is 23.6. The van der Waals surface area contributed by atoms with Crippen molar-refractivity contribution in [2.45, 2.75) is 56.3 Å². The molecule has 11 heteroatoms. The van der Waals surface area contributed by atoms with Crippen molar-refractivity contribution in [1.82, 2.24) is 19.3 Å². The highest BCUT2D eigenvalue weighted by molar-refractivity contribution is 6.30. The van der Waals surface area contributed by atoms with E-state index >= 15 is 0 Å². The lowest BCUT2D eigenvalue weighted by atomic mass is 9.87. The van der Waals surface area contributed by atoms with Crippen molar-refractivity contribution in [3.8, 4) is 11.3 Å². The van der Waals surface area contributed by atoms with Gasteiger partial charge in [-0.3, -0.25) is 9.20 Å². The van der Waals surface area contributed by atoms with E-state index < -0.39 is 17.3 Å².